The van der Waals surface area contributed by atoms with Crippen LogP contribution in [0.3, 0.4) is 0 Å². The smallest absolute Gasteiger partial charge is 0.323 e. The number of amides is 1. The van der Waals surface area contributed by atoms with Crippen LogP contribution in [0.25, 0.3) is 10.9 Å². The van der Waals surface area contributed by atoms with Crippen molar-refractivity contribution in [1.29, 1.82) is 0 Å². The predicted octanol–water partition coefficient (Wildman–Crippen LogP) is 3.61. The van der Waals surface area contributed by atoms with Gasteiger partial charge in [0.1, 0.15) is 17.7 Å². The molecule has 0 bridgehead atoms. The van der Waals surface area contributed by atoms with Gasteiger partial charge in [-0.1, -0.05) is 18.2 Å². The number of methoxy groups -OCH3 is 1. The number of aromatic amines is 1. The van der Waals surface area contributed by atoms with Crippen LogP contribution in [0.15, 0.2) is 36.4 Å². The quantitative estimate of drug-likeness (QED) is 0.594. The van der Waals surface area contributed by atoms with E-state index in [9.17, 15) is 18.4 Å². The first-order valence-electron chi connectivity index (χ1n) is 10.4. The number of aromatic nitrogens is 1. The number of fused-ring (bicyclic) bond motifs is 1. The van der Waals surface area contributed by atoms with E-state index in [4.69, 9.17) is 4.74 Å². The van der Waals surface area contributed by atoms with Crippen molar-refractivity contribution in [3.05, 3.63) is 70.4 Å². The highest BCUT2D eigenvalue weighted by molar-refractivity contribution is 6.06. The van der Waals surface area contributed by atoms with Crippen LogP contribution in [0.1, 0.15) is 33.6 Å². The molecule has 168 valence electrons. The average Bonchev–Trinajstić information content (AvgIpc) is 3.30. The topological polar surface area (TPSA) is 74.4 Å². The molecule has 1 fully saturated rings. The Balaban J connectivity index is 1.55. The van der Waals surface area contributed by atoms with Crippen LogP contribution >= 0.6 is 0 Å². The highest BCUT2D eigenvalue weighted by atomic mass is 19.1. The van der Waals surface area contributed by atoms with Gasteiger partial charge < -0.3 is 15.0 Å². The minimum atomic E-state index is -0.713. The second kappa shape index (κ2) is 8.70. The lowest BCUT2D eigenvalue weighted by Crippen LogP contribution is -2.38. The van der Waals surface area contributed by atoms with E-state index in [1.54, 1.807) is 11.0 Å². The third-order valence-electron chi connectivity index (χ3n) is 6.22. The van der Waals surface area contributed by atoms with Crippen LogP contribution in [0.5, 0.6) is 0 Å². The van der Waals surface area contributed by atoms with Crippen molar-refractivity contribution in [2.24, 2.45) is 0 Å². The number of carbonyl (C=O) groups excluding carboxylic acids is 2. The van der Waals surface area contributed by atoms with Crippen LogP contribution < -0.4 is 5.32 Å². The maximum Gasteiger partial charge on any atom is 0.323 e. The molecule has 0 saturated carbocycles. The molecule has 2 N–H and O–H groups in total. The van der Waals surface area contributed by atoms with E-state index in [1.165, 1.54) is 25.3 Å². The van der Waals surface area contributed by atoms with Gasteiger partial charge in [0.15, 0.2) is 0 Å². The molecule has 1 aromatic heterocycles. The molecule has 3 aromatic rings. The Morgan fingerprint density at radius 2 is 1.84 bits per heavy atom. The third-order valence-corrected chi connectivity index (χ3v) is 6.22. The van der Waals surface area contributed by atoms with E-state index >= 15 is 0 Å². The number of esters is 1. The number of H-pyrrole nitrogens is 1. The number of carbonyl (C=O) groups is 2. The van der Waals surface area contributed by atoms with Gasteiger partial charge >= 0.3 is 5.97 Å². The monoisotopic (exact) mass is 441 g/mol. The normalized spacial score (nSPS) is 18.8. The Morgan fingerprint density at radius 3 is 2.53 bits per heavy atom. The minimum absolute atomic E-state index is 0.102. The summed E-state index contributed by atoms with van der Waals surface area (Å²) in [5.41, 5.74) is 3.22. The van der Waals surface area contributed by atoms with Gasteiger partial charge in [-0.2, -0.15) is 0 Å². The fourth-order valence-electron chi connectivity index (χ4n) is 4.39. The number of nitrogens with zero attached hydrogens (tertiary/aromatic N) is 1. The Labute approximate surface area is 184 Å². The largest absolute Gasteiger partial charge is 0.468 e. The van der Waals surface area contributed by atoms with Gasteiger partial charge in [-0.05, 0) is 44.0 Å². The molecule has 0 unspecified atom stereocenters. The Morgan fingerprint density at radius 1 is 1.16 bits per heavy atom. The fraction of sp³-hybridized carbons (Fsp3) is 0.333. The fourth-order valence-corrected chi connectivity index (χ4v) is 4.39. The molecule has 6 nitrogen and oxygen atoms in total. The number of hydrogen-bond acceptors (Lipinski definition) is 4. The number of halogens is 2. The van der Waals surface area contributed by atoms with Crippen molar-refractivity contribution in [3.63, 3.8) is 0 Å². The molecule has 2 atom stereocenters. The molecule has 0 spiro atoms. The number of benzene rings is 2. The second-order valence-corrected chi connectivity index (χ2v) is 8.18. The molecule has 0 aliphatic carbocycles. The average molecular weight is 441 g/mol. The molecule has 32 heavy (non-hydrogen) atoms. The van der Waals surface area contributed by atoms with Crippen molar-refractivity contribution in [2.45, 2.75) is 38.9 Å². The SMILES string of the molecule is COC(=O)[C@@H]1C[C@@H](NC(=O)c2cccc3c(C)c(C)[nH]c23)CN1Cc1c(F)cccc1F. The first-order chi connectivity index (χ1) is 15.3. The van der Waals surface area contributed by atoms with Crippen molar-refractivity contribution in [1.82, 2.24) is 15.2 Å². The van der Waals surface area contributed by atoms with Crippen LogP contribution in [0.2, 0.25) is 0 Å². The molecule has 1 aliphatic rings. The van der Waals surface area contributed by atoms with Crippen LogP contribution in [0.4, 0.5) is 8.78 Å². The summed E-state index contributed by atoms with van der Waals surface area (Å²) >= 11 is 0. The zero-order valence-corrected chi connectivity index (χ0v) is 18.2. The summed E-state index contributed by atoms with van der Waals surface area (Å²) < 4.78 is 33.2. The predicted molar refractivity (Wildman–Crippen MR) is 116 cm³/mol. The van der Waals surface area contributed by atoms with Gasteiger partial charge in [0.05, 0.1) is 18.2 Å². The number of hydrogen-bond donors (Lipinski definition) is 2. The summed E-state index contributed by atoms with van der Waals surface area (Å²) in [4.78, 5) is 30.3. The van der Waals surface area contributed by atoms with Gasteiger partial charge in [-0.15, -0.1) is 0 Å². The van der Waals surface area contributed by atoms with Gasteiger partial charge in [-0.3, -0.25) is 14.5 Å². The molecule has 0 radical (unpaired) electrons. The van der Waals surface area contributed by atoms with Gasteiger partial charge in [0, 0.05) is 35.8 Å². The number of rotatable bonds is 5. The van der Waals surface area contributed by atoms with E-state index in [0.717, 1.165) is 22.2 Å². The lowest BCUT2D eigenvalue weighted by molar-refractivity contribution is -0.146. The van der Waals surface area contributed by atoms with Gasteiger partial charge in [0.25, 0.3) is 5.91 Å². The first kappa shape index (κ1) is 22.0. The van der Waals surface area contributed by atoms with E-state index in [1.807, 2.05) is 26.0 Å². The Hall–Kier alpha value is -3.26. The summed E-state index contributed by atoms with van der Waals surface area (Å²) in [5.74, 6) is -2.13. The Bertz CT molecular complexity index is 1170. The minimum Gasteiger partial charge on any atom is -0.468 e. The molecule has 1 aliphatic heterocycles. The van der Waals surface area contributed by atoms with E-state index in [0.29, 0.717) is 5.56 Å². The lowest BCUT2D eigenvalue weighted by atomic mass is 10.1. The van der Waals surface area contributed by atoms with E-state index < -0.39 is 23.6 Å². The zero-order chi connectivity index (χ0) is 23.0. The van der Waals surface area contributed by atoms with E-state index in [-0.39, 0.29) is 37.0 Å². The molecular formula is C24H25F2N3O3. The van der Waals surface area contributed by atoms with Crippen LogP contribution in [-0.4, -0.2) is 47.5 Å². The third kappa shape index (κ3) is 3.98. The Kier molecular flexibility index (Phi) is 5.97. The maximum absolute atomic E-state index is 14.2. The first-order valence-corrected chi connectivity index (χ1v) is 10.4. The molecule has 8 heteroatoms. The lowest BCUT2D eigenvalue weighted by Gasteiger charge is -2.22. The molecule has 2 aromatic carbocycles. The van der Waals surface area contributed by atoms with Crippen LogP contribution in [-0.2, 0) is 16.1 Å². The number of para-hydroxylation sites is 1. The van der Waals surface area contributed by atoms with Crippen molar-refractivity contribution >= 4 is 22.8 Å². The van der Waals surface area contributed by atoms with Crippen molar-refractivity contribution < 1.29 is 23.1 Å². The molecule has 1 amide bonds. The molecule has 1 saturated heterocycles. The van der Waals surface area contributed by atoms with Gasteiger partial charge in [-0.25, -0.2) is 8.78 Å². The van der Waals surface area contributed by atoms with Crippen LogP contribution in [0, 0.1) is 25.5 Å². The summed E-state index contributed by atoms with van der Waals surface area (Å²) in [6.07, 6.45) is 0.285. The van der Waals surface area contributed by atoms with Crippen molar-refractivity contribution in [3.8, 4) is 0 Å². The van der Waals surface area contributed by atoms with E-state index in [2.05, 4.69) is 10.3 Å². The molecule has 2 heterocycles. The summed E-state index contributed by atoms with van der Waals surface area (Å²) in [5, 5.41) is 3.95. The number of ether oxygens (including phenoxy) is 1. The number of nitrogens with one attached hydrogen (secondary N) is 2. The maximum atomic E-state index is 14.2. The second-order valence-electron chi connectivity index (χ2n) is 8.18. The molecular weight excluding hydrogens is 416 g/mol. The highest BCUT2D eigenvalue weighted by Crippen LogP contribution is 2.27. The summed E-state index contributed by atoms with van der Waals surface area (Å²) in [6, 6.07) is 8.10. The molecule has 4 rings (SSSR count). The van der Waals surface area contributed by atoms with Gasteiger partial charge in [0.2, 0.25) is 0 Å². The highest BCUT2D eigenvalue weighted by Gasteiger charge is 2.39. The summed E-state index contributed by atoms with van der Waals surface area (Å²) in [7, 11) is 1.27. The number of likely N-dealkylation sites (tertiary alicyclic amines) is 1. The number of aryl methyl sites for hydroxylation is 2. The standard InChI is InChI=1S/C24H25F2N3O3/c1-13-14(2)27-22-16(13)6-4-7-17(22)23(30)28-15-10-21(24(31)32-3)29(11-15)12-18-19(25)8-5-9-20(18)26/h4-9,15,21,27H,10-12H2,1-3H3,(H,28,30)/t15-,21+/m1/s1. The van der Waals surface area contributed by atoms with Crippen molar-refractivity contribution in [2.75, 3.05) is 13.7 Å². The zero-order valence-electron chi connectivity index (χ0n) is 18.2. The summed E-state index contributed by atoms with van der Waals surface area (Å²) in [6.45, 7) is 4.11.